The van der Waals surface area contributed by atoms with Gasteiger partial charge in [-0.3, -0.25) is 14.2 Å². The first-order valence-corrected chi connectivity index (χ1v) is 6.98. The molecule has 2 N–H and O–H groups in total. The zero-order valence-electron chi connectivity index (χ0n) is 12.4. The number of hydrogen-bond donors (Lipinski definition) is 1. The Morgan fingerprint density at radius 1 is 1.36 bits per heavy atom. The Kier molecular flexibility index (Phi) is 4.74. The lowest BCUT2D eigenvalue weighted by atomic mass is 10.1. The van der Waals surface area contributed by atoms with Crippen LogP contribution in [-0.2, 0) is 24.2 Å². The number of carbonyl (C=O) groups excluding carboxylic acids is 1. The third-order valence-electron chi connectivity index (χ3n) is 3.32. The maximum atomic E-state index is 12.7. The highest BCUT2D eigenvalue weighted by Gasteiger charge is 2.17. The van der Waals surface area contributed by atoms with Crippen LogP contribution < -0.4 is 11.3 Å². The van der Waals surface area contributed by atoms with Gasteiger partial charge in [0.25, 0.3) is 5.56 Å². The quantitative estimate of drug-likeness (QED) is 0.840. The molecule has 2 rings (SSSR count). The van der Waals surface area contributed by atoms with Gasteiger partial charge in [0.05, 0.1) is 18.7 Å². The summed E-state index contributed by atoms with van der Waals surface area (Å²) in [6.07, 6.45) is 5.78. The Bertz CT molecular complexity index is 786. The minimum absolute atomic E-state index is 0.0891. The molecule has 5 heteroatoms. The molecule has 0 radical (unpaired) electrons. The molecule has 1 heterocycles. The second kappa shape index (κ2) is 6.72. The lowest BCUT2D eigenvalue weighted by Gasteiger charge is -2.14. The monoisotopic (exact) mass is 295 g/mol. The summed E-state index contributed by atoms with van der Waals surface area (Å²) in [6.45, 7) is 1.97. The average Bonchev–Trinajstić information content (AvgIpc) is 2.52. The van der Waals surface area contributed by atoms with E-state index in [2.05, 4.69) is 10.9 Å². The van der Waals surface area contributed by atoms with Gasteiger partial charge < -0.3 is 5.73 Å². The minimum atomic E-state index is -0.562. The zero-order valence-corrected chi connectivity index (χ0v) is 12.4. The normalized spacial score (nSPS) is 10.2. The van der Waals surface area contributed by atoms with Crippen molar-refractivity contribution < 1.29 is 4.79 Å². The first-order chi connectivity index (χ1) is 10.6. The maximum Gasteiger partial charge on any atom is 0.258 e. The van der Waals surface area contributed by atoms with Crippen molar-refractivity contribution in [3.05, 3.63) is 51.9 Å². The van der Waals surface area contributed by atoms with Crippen LogP contribution in [0, 0.1) is 12.3 Å². The Hall–Kier alpha value is -2.87. The molecule has 0 aliphatic heterocycles. The first kappa shape index (κ1) is 15.5. The standard InChI is InChI=1S/C17H17N3O2/c1-3-10-20-16(12-8-6-5-7-9-12)19-14(4-2)13(17(20)22)11-15(18)21/h1,5-9H,4,10-11H2,2H3,(H2,18,21). The summed E-state index contributed by atoms with van der Waals surface area (Å²) in [4.78, 5) is 28.5. The summed E-state index contributed by atoms with van der Waals surface area (Å²) in [6, 6.07) is 9.34. The molecule has 0 saturated heterocycles. The number of aromatic nitrogens is 2. The molecule has 0 saturated carbocycles. The molecule has 0 unspecified atom stereocenters. The number of rotatable bonds is 5. The number of hydrogen-bond acceptors (Lipinski definition) is 3. The summed E-state index contributed by atoms with van der Waals surface area (Å²) in [5.41, 5.74) is 6.64. The molecule has 2 aromatic rings. The number of nitrogens with two attached hydrogens (primary N) is 1. The van der Waals surface area contributed by atoms with Gasteiger partial charge in [0.15, 0.2) is 0 Å². The van der Waals surface area contributed by atoms with Gasteiger partial charge in [-0.25, -0.2) is 4.98 Å². The smallest absolute Gasteiger partial charge is 0.258 e. The Balaban J connectivity index is 2.74. The second-order valence-corrected chi connectivity index (χ2v) is 4.82. The molecule has 0 aliphatic rings. The molecule has 0 aliphatic carbocycles. The molecule has 112 valence electrons. The number of nitrogens with zero attached hydrogens (tertiary/aromatic N) is 2. The second-order valence-electron chi connectivity index (χ2n) is 4.82. The number of carbonyl (C=O) groups is 1. The van der Waals surface area contributed by atoms with Crippen molar-refractivity contribution in [3.8, 4) is 23.7 Å². The van der Waals surface area contributed by atoms with E-state index in [1.807, 2.05) is 37.3 Å². The maximum absolute atomic E-state index is 12.7. The number of aryl methyl sites for hydroxylation is 1. The molecule has 1 amide bonds. The molecule has 0 atom stereocenters. The van der Waals surface area contributed by atoms with Crippen LogP contribution in [0.2, 0.25) is 0 Å². The van der Waals surface area contributed by atoms with Crippen LogP contribution in [0.1, 0.15) is 18.2 Å². The Labute approximate surface area is 128 Å². The van der Waals surface area contributed by atoms with E-state index in [1.165, 1.54) is 4.57 Å². The van der Waals surface area contributed by atoms with Gasteiger partial charge in [0, 0.05) is 11.1 Å². The van der Waals surface area contributed by atoms with Crippen molar-refractivity contribution in [1.29, 1.82) is 0 Å². The molecule has 0 fully saturated rings. The predicted molar refractivity (Wildman–Crippen MR) is 85.0 cm³/mol. The number of terminal acetylenes is 1. The van der Waals surface area contributed by atoms with Crippen LogP contribution in [0.25, 0.3) is 11.4 Å². The van der Waals surface area contributed by atoms with Crippen LogP contribution in [0.4, 0.5) is 0 Å². The van der Waals surface area contributed by atoms with Crippen LogP contribution in [-0.4, -0.2) is 15.5 Å². The lowest BCUT2D eigenvalue weighted by Crippen LogP contribution is -2.31. The van der Waals surface area contributed by atoms with Gasteiger partial charge in [0.2, 0.25) is 5.91 Å². The van der Waals surface area contributed by atoms with Crippen molar-refractivity contribution in [1.82, 2.24) is 9.55 Å². The predicted octanol–water partition coefficient (Wildman–Crippen LogP) is 1.13. The SMILES string of the molecule is C#CCn1c(-c2ccccc2)nc(CC)c(CC(N)=O)c1=O. The summed E-state index contributed by atoms with van der Waals surface area (Å²) in [5, 5.41) is 0. The van der Waals surface area contributed by atoms with Crippen LogP contribution in [0.3, 0.4) is 0 Å². The fraction of sp³-hybridized carbons (Fsp3) is 0.235. The molecule has 0 spiro atoms. The minimum Gasteiger partial charge on any atom is -0.369 e. The molecule has 0 bridgehead atoms. The third kappa shape index (κ3) is 3.07. The van der Waals surface area contributed by atoms with E-state index < -0.39 is 5.91 Å². The molecule has 5 nitrogen and oxygen atoms in total. The van der Waals surface area contributed by atoms with Crippen molar-refractivity contribution in [2.45, 2.75) is 26.3 Å². The summed E-state index contributed by atoms with van der Waals surface area (Å²) in [7, 11) is 0. The van der Waals surface area contributed by atoms with E-state index in [1.54, 1.807) is 0 Å². The van der Waals surface area contributed by atoms with Crippen molar-refractivity contribution >= 4 is 5.91 Å². The van der Waals surface area contributed by atoms with Gasteiger partial charge in [-0.2, -0.15) is 0 Å². The summed E-state index contributed by atoms with van der Waals surface area (Å²) < 4.78 is 1.41. The van der Waals surface area contributed by atoms with Crippen molar-refractivity contribution in [2.24, 2.45) is 5.73 Å². The van der Waals surface area contributed by atoms with Crippen LogP contribution >= 0.6 is 0 Å². The lowest BCUT2D eigenvalue weighted by molar-refractivity contribution is -0.117. The number of amides is 1. The summed E-state index contributed by atoms with van der Waals surface area (Å²) >= 11 is 0. The number of primary amides is 1. The van der Waals surface area contributed by atoms with E-state index in [0.29, 0.717) is 23.5 Å². The van der Waals surface area contributed by atoms with E-state index in [9.17, 15) is 9.59 Å². The van der Waals surface area contributed by atoms with E-state index in [4.69, 9.17) is 12.2 Å². The highest BCUT2D eigenvalue weighted by atomic mass is 16.1. The van der Waals surface area contributed by atoms with Gasteiger partial charge >= 0.3 is 0 Å². The Morgan fingerprint density at radius 2 is 2.05 bits per heavy atom. The molecule has 1 aromatic carbocycles. The van der Waals surface area contributed by atoms with E-state index in [0.717, 1.165) is 5.56 Å². The van der Waals surface area contributed by atoms with Crippen molar-refractivity contribution in [3.63, 3.8) is 0 Å². The zero-order chi connectivity index (χ0) is 16.1. The van der Waals surface area contributed by atoms with E-state index >= 15 is 0 Å². The molecule has 1 aromatic heterocycles. The van der Waals surface area contributed by atoms with Crippen molar-refractivity contribution in [2.75, 3.05) is 0 Å². The Morgan fingerprint density at radius 3 is 2.59 bits per heavy atom. The average molecular weight is 295 g/mol. The highest BCUT2D eigenvalue weighted by molar-refractivity contribution is 5.76. The molecular weight excluding hydrogens is 278 g/mol. The fourth-order valence-electron chi connectivity index (χ4n) is 2.33. The highest BCUT2D eigenvalue weighted by Crippen LogP contribution is 2.17. The third-order valence-corrected chi connectivity index (χ3v) is 3.32. The van der Waals surface area contributed by atoms with Gasteiger partial charge in [0.1, 0.15) is 5.82 Å². The van der Waals surface area contributed by atoms with Crippen LogP contribution in [0.15, 0.2) is 35.1 Å². The van der Waals surface area contributed by atoms with Gasteiger partial charge in [-0.1, -0.05) is 43.2 Å². The van der Waals surface area contributed by atoms with Gasteiger partial charge in [-0.05, 0) is 6.42 Å². The molecular formula is C17H17N3O2. The summed E-state index contributed by atoms with van der Waals surface area (Å²) in [5.74, 6) is 2.41. The largest absolute Gasteiger partial charge is 0.369 e. The van der Waals surface area contributed by atoms with E-state index in [-0.39, 0.29) is 18.5 Å². The molecule has 22 heavy (non-hydrogen) atoms. The fourth-order valence-corrected chi connectivity index (χ4v) is 2.33. The first-order valence-electron chi connectivity index (χ1n) is 6.98. The topological polar surface area (TPSA) is 78.0 Å². The van der Waals surface area contributed by atoms with Gasteiger partial charge in [-0.15, -0.1) is 6.42 Å². The number of benzene rings is 1. The van der Waals surface area contributed by atoms with Crippen LogP contribution in [0.5, 0.6) is 0 Å².